The molecule has 1 aliphatic heterocycles. The third-order valence-electron chi connectivity index (χ3n) is 2.81. The highest BCUT2D eigenvalue weighted by atomic mass is 16.5. The number of carbonyl (C=O) groups excluding carboxylic acids is 1. The van der Waals surface area contributed by atoms with E-state index in [1.54, 1.807) is 13.2 Å². The van der Waals surface area contributed by atoms with Gasteiger partial charge in [0.25, 0.3) is 0 Å². The number of carbonyl (C=O) groups is 1. The Kier molecular flexibility index (Phi) is 4.06. The Morgan fingerprint density at radius 2 is 2.25 bits per heavy atom. The van der Waals surface area contributed by atoms with E-state index in [1.807, 2.05) is 24.3 Å². The highest BCUT2D eigenvalue weighted by Crippen LogP contribution is 2.30. The van der Waals surface area contributed by atoms with Gasteiger partial charge >= 0.3 is 5.97 Å². The Balaban J connectivity index is 2.32. The van der Waals surface area contributed by atoms with Gasteiger partial charge in [-0.2, -0.15) is 5.26 Å². The molecular formula is C15H13NO4. The van der Waals surface area contributed by atoms with Crippen molar-refractivity contribution < 1.29 is 19.0 Å². The van der Waals surface area contributed by atoms with E-state index in [0.29, 0.717) is 11.5 Å². The molecule has 1 heterocycles. The molecule has 1 aromatic carbocycles. The van der Waals surface area contributed by atoms with Crippen LogP contribution in [0.5, 0.6) is 11.5 Å². The molecule has 1 aliphatic rings. The van der Waals surface area contributed by atoms with Crippen LogP contribution in [0.3, 0.4) is 0 Å². The first-order valence-electron chi connectivity index (χ1n) is 5.89. The third-order valence-corrected chi connectivity index (χ3v) is 2.81. The molecule has 1 aromatic rings. The molecule has 0 saturated heterocycles. The maximum absolute atomic E-state index is 11.3. The molecule has 0 saturated carbocycles. The Morgan fingerprint density at radius 3 is 2.90 bits per heavy atom. The van der Waals surface area contributed by atoms with Gasteiger partial charge in [0.2, 0.25) is 0 Å². The average molecular weight is 271 g/mol. The van der Waals surface area contributed by atoms with Crippen molar-refractivity contribution in [2.24, 2.45) is 0 Å². The van der Waals surface area contributed by atoms with Crippen molar-refractivity contribution in [2.45, 2.75) is 0 Å². The molecule has 0 atom stereocenters. The quantitative estimate of drug-likeness (QED) is 0.478. The molecule has 102 valence electrons. The van der Waals surface area contributed by atoms with Gasteiger partial charge in [0, 0.05) is 11.6 Å². The average Bonchev–Trinajstić information content (AvgIpc) is 2.51. The lowest BCUT2D eigenvalue weighted by Gasteiger charge is -2.17. The van der Waals surface area contributed by atoms with Gasteiger partial charge < -0.3 is 14.2 Å². The van der Waals surface area contributed by atoms with Gasteiger partial charge in [-0.25, -0.2) is 4.79 Å². The van der Waals surface area contributed by atoms with Crippen LogP contribution >= 0.6 is 0 Å². The molecule has 5 nitrogen and oxygen atoms in total. The second-order valence-electron chi connectivity index (χ2n) is 4.07. The molecule has 0 amide bonds. The van der Waals surface area contributed by atoms with Crippen LogP contribution in [0.1, 0.15) is 5.56 Å². The van der Waals surface area contributed by atoms with Crippen molar-refractivity contribution in [3.8, 4) is 17.6 Å². The molecule has 0 spiro atoms. The van der Waals surface area contributed by atoms with Crippen molar-refractivity contribution in [1.29, 1.82) is 5.26 Å². The van der Waals surface area contributed by atoms with E-state index >= 15 is 0 Å². The molecule has 0 aromatic heterocycles. The number of ether oxygens (including phenoxy) is 3. The number of hydrogen-bond acceptors (Lipinski definition) is 5. The minimum atomic E-state index is -0.658. The van der Waals surface area contributed by atoms with Crippen LogP contribution in [-0.4, -0.2) is 26.8 Å². The van der Waals surface area contributed by atoms with Crippen LogP contribution in [0.15, 0.2) is 35.4 Å². The number of hydrogen-bond donors (Lipinski definition) is 0. The van der Waals surface area contributed by atoms with E-state index in [9.17, 15) is 4.79 Å². The molecule has 0 fully saturated rings. The van der Waals surface area contributed by atoms with Crippen LogP contribution in [0, 0.1) is 11.3 Å². The third kappa shape index (κ3) is 2.81. The number of methoxy groups -OCH3 is 2. The second-order valence-corrected chi connectivity index (χ2v) is 4.07. The van der Waals surface area contributed by atoms with Gasteiger partial charge in [-0.3, -0.25) is 0 Å². The first kappa shape index (κ1) is 13.7. The summed E-state index contributed by atoms with van der Waals surface area (Å²) in [5.74, 6) is 0.760. The molecule has 0 bridgehead atoms. The van der Waals surface area contributed by atoms with Crippen LogP contribution in [0.4, 0.5) is 0 Å². The lowest BCUT2D eigenvalue weighted by Crippen LogP contribution is -2.09. The highest BCUT2D eigenvalue weighted by molar-refractivity contribution is 5.93. The fourth-order valence-corrected chi connectivity index (χ4v) is 1.80. The molecule has 0 unspecified atom stereocenters. The van der Waals surface area contributed by atoms with Crippen molar-refractivity contribution in [3.63, 3.8) is 0 Å². The monoisotopic (exact) mass is 271 g/mol. The predicted molar refractivity (Wildman–Crippen MR) is 72.2 cm³/mol. The largest absolute Gasteiger partial charge is 0.497 e. The summed E-state index contributed by atoms with van der Waals surface area (Å²) in [6.07, 6.45) is 3.33. The van der Waals surface area contributed by atoms with E-state index in [4.69, 9.17) is 14.7 Å². The van der Waals surface area contributed by atoms with Crippen molar-refractivity contribution in [2.75, 3.05) is 20.8 Å². The Morgan fingerprint density at radius 1 is 1.45 bits per heavy atom. The number of nitriles is 1. The zero-order valence-corrected chi connectivity index (χ0v) is 11.2. The zero-order valence-electron chi connectivity index (χ0n) is 11.2. The standard InChI is InChI=1S/C15H13NO4/c1-18-13-4-3-11-5-10(9-20-14(11)7-13)6-12(8-16)15(17)19-2/h3-7H,9H2,1-2H3/b12-6+. The summed E-state index contributed by atoms with van der Waals surface area (Å²) < 4.78 is 15.2. The lowest BCUT2D eigenvalue weighted by atomic mass is 10.1. The summed E-state index contributed by atoms with van der Waals surface area (Å²) in [6, 6.07) is 7.27. The van der Waals surface area contributed by atoms with E-state index in [2.05, 4.69) is 4.74 Å². The van der Waals surface area contributed by atoms with Crippen molar-refractivity contribution in [3.05, 3.63) is 41.0 Å². The van der Waals surface area contributed by atoms with Gasteiger partial charge in [-0.15, -0.1) is 0 Å². The molecule has 20 heavy (non-hydrogen) atoms. The number of benzene rings is 1. The van der Waals surface area contributed by atoms with Crippen molar-refractivity contribution in [1.82, 2.24) is 0 Å². The minimum absolute atomic E-state index is 0.0562. The summed E-state index contributed by atoms with van der Waals surface area (Å²) in [5.41, 5.74) is 1.54. The number of fused-ring (bicyclic) bond motifs is 1. The van der Waals surface area contributed by atoms with Crippen LogP contribution in [0.2, 0.25) is 0 Å². The van der Waals surface area contributed by atoms with E-state index in [0.717, 1.165) is 11.1 Å². The van der Waals surface area contributed by atoms with Gasteiger partial charge in [0.1, 0.15) is 29.7 Å². The smallest absolute Gasteiger partial charge is 0.348 e. The maximum atomic E-state index is 11.3. The second kappa shape index (κ2) is 5.93. The van der Waals surface area contributed by atoms with E-state index in [1.165, 1.54) is 13.2 Å². The molecular weight excluding hydrogens is 258 g/mol. The van der Waals surface area contributed by atoms with Gasteiger partial charge in [0.15, 0.2) is 0 Å². The Bertz CT molecular complexity index is 638. The molecule has 5 heteroatoms. The topological polar surface area (TPSA) is 68.6 Å². The molecule has 0 aliphatic carbocycles. The zero-order chi connectivity index (χ0) is 14.5. The summed E-state index contributed by atoms with van der Waals surface area (Å²) in [4.78, 5) is 11.3. The summed E-state index contributed by atoms with van der Waals surface area (Å²) in [6.45, 7) is 0.280. The number of esters is 1. The molecule has 0 N–H and O–H groups in total. The highest BCUT2D eigenvalue weighted by Gasteiger charge is 2.14. The molecule has 0 radical (unpaired) electrons. The van der Waals surface area contributed by atoms with Crippen LogP contribution < -0.4 is 9.47 Å². The minimum Gasteiger partial charge on any atom is -0.497 e. The number of rotatable bonds is 3. The fraction of sp³-hybridized carbons (Fsp3) is 0.200. The summed E-state index contributed by atoms with van der Waals surface area (Å²) in [5, 5.41) is 8.92. The van der Waals surface area contributed by atoms with Gasteiger partial charge in [-0.05, 0) is 29.9 Å². The molecule has 2 rings (SSSR count). The predicted octanol–water partition coefficient (Wildman–Crippen LogP) is 2.09. The summed E-state index contributed by atoms with van der Waals surface area (Å²) >= 11 is 0. The van der Waals surface area contributed by atoms with E-state index in [-0.39, 0.29) is 12.2 Å². The van der Waals surface area contributed by atoms with Gasteiger partial charge in [0.05, 0.1) is 14.2 Å². The maximum Gasteiger partial charge on any atom is 0.348 e. The van der Waals surface area contributed by atoms with Crippen LogP contribution in [0.25, 0.3) is 6.08 Å². The lowest BCUT2D eigenvalue weighted by molar-refractivity contribution is -0.135. The normalized spacial score (nSPS) is 13.4. The van der Waals surface area contributed by atoms with Crippen LogP contribution in [-0.2, 0) is 9.53 Å². The SMILES string of the molecule is COC(=O)/C(C#N)=C/C1=Cc2ccc(OC)cc2OC1. The van der Waals surface area contributed by atoms with Crippen molar-refractivity contribution >= 4 is 12.0 Å². The van der Waals surface area contributed by atoms with E-state index < -0.39 is 5.97 Å². The summed E-state index contributed by atoms with van der Waals surface area (Å²) in [7, 11) is 2.82. The Hall–Kier alpha value is -2.74. The van der Waals surface area contributed by atoms with Gasteiger partial charge in [-0.1, -0.05) is 0 Å². The Labute approximate surface area is 116 Å². The first-order valence-corrected chi connectivity index (χ1v) is 5.89. The first-order chi connectivity index (χ1) is 9.67. The fourth-order valence-electron chi connectivity index (χ4n) is 1.80. The number of nitrogens with zero attached hydrogens (tertiary/aromatic N) is 1.